The van der Waals surface area contributed by atoms with Gasteiger partial charge in [-0.1, -0.05) is 0 Å². The molecule has 7 heteroatoms. The van der Waals surface area contributed by atoms with Crippen molar-refractivity contribution in [1.82, 2.24) is 20.6 Å². The Morgan fingerprint density at radius 2 is 1.96 bits per heavy atom. The summed E-state index contributed by atoms with van der Waals surface area (Å²) in [6.07, 6.45) is 4.71. The molecule has 2 rings (SSSR count). The highest BCUT2D eigenvalue weighted by molar-refractivity contribution is 5.94. The molecule has 2 aromatic rings. The first-order chi connectivity index (χ1) is 11.2. The normalized spacial score (nSPS) is 9.96. The lowest BCUT2D eigenvalue weighted by Gasteiger charge is -2.09. The summed E-state index contributed by atoms with van der Waals surface area (Å²) in [5.74, 6) is -0.376. The van der Waals surface area contributed by atoms with E-state index in [0.717, 1.165) is 5.69 Å². The lowest BCUT2D eigenvalue weighted by molar-refractivity contribution is 0.0944. The number of carbonyl (C=O) groups excluding carboxylic acids is 2. The van der Waals surface area contributed by atoms with E-state index >= 15 is 0 Å². The molecule has 120 valence electrons. The highest BCUT2D eigenvalue weighted by Gasteiger charge is 2.06. The van der Waals surface area contributed by atoms with E-state index in [1.165, 1.54) is 6.20 Å². The molecule has 2 heterocycles. The van der Waals surface area contributed by atoms with E-state index in [4.69, 9.17) is 0 Å². The van der Waals surface area contributed by atoms with Gasteiger partial charge in [0.25, 0.3) is 11.8 Å². The van der Waals surface area contributed by atoms with Crippen LogP contribution in [0.15, 0.2) is 42.9 Å². The number of rotatable bonds is 7. The third kappa shape index (κ3) is 5.06. The minimum absolute atomic E-state index is 0.169. The van der Waals surface area contributed by atoms with Crippen molar-refractivity contribution < 1.29 is 9.59 Å². The second kappa shape index (κ2) is 8.47. The molecule has 0 aliphatic heterocycles. The summed E-state index contributed by atoms with van der Waals surface area (Å²) in [7, 11) is 0. The Bertz CT molecular complexity index is 661. The van der Waals surface area contributed by atoms with Gasteiger partial charge in [-0.2, -0.15) is 0 Å². The molecule has 3 N–H and O–H groups in total. The number of amides is 2. The van der Waals surface area contributed by atoms with Crippen LogP contribution in [0.25, 0.3) is 0 Å². The van der Waals surface area contributed by atoms with Gasteiger partial charge in [0.1, 0.15) is 5.69 Å². The molecule has 0 unspecified atom stereocenters. The summed E-state index contributed by atoms with van der Waals surface area (Å²) in [5.41, 5.74) is 1.66. The largest absolute Gasteiger partial charge is 0.383 e. The zero-order valence-electron chi connectivity index (χ0n) is 12.9. The molecule has 23 heavy (non-hydrogen) atoms. The van der Waals surface area contributed by atoms with Crippen molar-refractivity contribution in [2.24, 2.45) is 0 Å². The van der Waals surface area contributed by atoms with Crippen molar-refractivity contribution in [3.8, 4) is 0 Å². The number of hydrogen-bond donors (Lipinski definition) is 3. The van der Waals surface area contributed by atoms with Crippen LogP contribution in [0.5, 0.6) is 0 Å². The van der Waals surface area contributed by atoms with Gasteiger partial charge in [0.15, 0.2) is 0 Å². The van der Waals surface area contributed by atoms with Gasteiger partial charge in [0, 0.05) is 43.9 Å². The van der Waals surface area contributed by atoms with Crippen LogP contribution in [0.3, 0.4) is 0 Å². The van der Waals surface area contributed by atoms with Crippen LogP contribution in [0.1, 0.15) is 27.8 Å². The molecular weight excluding hydrogens is 294 g/mol. The van der Waals surface area contributed by atoms with Gasteiger partial charge in [0.2, 0.25) is 0 Å². The zero-order chi connectivity index (χ0) is 16.5. The molecule has 0 aromatic carbocycles. The monoisotopic (exact) mass is 313 g/mol. The molecule has 0 aliphatic rings. The maximum Gasteiger partial charge on any atom is 0.269 e. The van der Waals surface area contributed by atoms with Crippen molar-refractivity contribution in [2.75, 3.05) is 25.0 Å². The van der Waals surface area contributed by atoms with E-state index < -0.39 is 0 Å². The Morgan fingerprint density at radius 1 is 1.09 bits per heavy atom. The van der Waals surface area contributed by atoms with Gasteiger partial charge in [0.05, 0.1) is 5.56 Å². The summed E-state index contributed by atoms with van der Waals surface area (Å²) in [4.78, 5) is 31.5. The molecule has 2 aromatic heterocycles. The first kappa shape index (κ1) is 16.4. The van der Waals surface area contributed by atoms with Crippen LogP contribution in [0.2, 0.25) is 0 Å². The maximum atomic E-state index is 11.8. The third-order valence-electron chi connectivity index (χ3n) is 2.99. The molecule has 0 saturated heterocycles. The predicted molar refractivity (Wildman–Crippen MR) is 87.3 cm³/mol. The first-order valence-corrected chi connectivity index (χ1v) is 7.37. The predicted octanol–water partition coefficient (Wildman–Crippen LogP) is 1.07. The van der Waals surface area contributed by atoms with Crippen molar-refractivity contribution >= 4 is 17.5 Å². The standard InChI is InChI=1S/C16H19N5O2/c1-2-18-16(23)14-10-13(5-7-20-14)19-8-9-21-15(22)12-4-3-6-17-11-12/h3-7,10-11H,2,8-9H2,1H3,(H,18,23)(H,19,20)(H,21,22). The van der Waals surface area contributed by atoms with Crippen molar-refractivity contribution in [2.45, 2.75) is 6.92 Å². The second-order valence-electron chi connectivity index (χ2n) is 4.71. The number of hydrogen-bond acceptors (Lipinski definition) is 5. The van der Waals surface area contributed by atoms with E-state index in [1.807, 2.05) is 6.92 Å². The smallest absolute Gasteiger partial charge is 0.269 e. The zero-order valence-corrected chi connectivity index (χ0v) is 12.9. The summed E-state index contributed by atoms with van der Waals surface area (Å²) in [6.45, 7) is 3.39. The van der Waals surface area contributed by atoms with Crippen LogP contribution in [-0.4, -0.2) is 41.4 Å². The minimum Gasteiger partial charge on any atom is -0.383 e. The molecule has 7 nitrogen and oxygen atoms in total. The maximum absolute atomic E-state index is 11.8. The lowest BCUT2D eigenvalue weighted by Crippen LogP contribution is -2.29. The van der Waals surface area contributed by atoms with Crippen LogP contribution in [0, 0.1) is 0 Å². The Balaban J connectivity index is 1.79. The Labute approximate surface area is 134 Å². The number of pyridine rings is 2. The molecular formula is C16H19N5O2. The van der Waals surface area contributed by atoms with Gasteiger partial charge in [-0.3, -0.25) is 19.6 Å². The minimum atomic E-state index is -0.207. The average molecular weight is 313 g/mol. The van der Waals surface area contributed by atoms with Crippen molar-refractivity contribution in [3.63, 3.8) is 0 Å². The van der Waals surface area contributed by atoms with Crippen LogP contribution >= 0.6 is 0 Å². The van der Waals surface area contributed by atoms with Crippen LogP contribution < -0.4 is 16.0 Å². The topological polar surface area (TPSA) is 96.0 Å². The van der Waals surface area contributed by atoms with E-state index in [0.29, 0.717) is 30.9 Å². The van der Waals surface area contributed by atoms with Crippen LogP contribution in [0.4, 0.5) is 5.69 Å². The first-order valence-electron chi connectivity index (χ1n) is 7.37. The fourth-order valence-corrected chi connectivity index (χ4v) is 1.90. The van der Waals surface area contributed by atoms with E-state index in [1.54, 1.807) is 36.7 Å². The van der Waals surface area contributed by atoms with Gasteiger partial charge in [-0.25, -0.2) is 0 Å². The number of carbonyl (C=O) groups is 2. The molecule has 0 aliphatic carbocycles. The van der Waals surface area contributed by atoms with Crippen LogP contribution in [-0.2, 0) is 0 Å². The van der Waals surface area contributed by atoms with Gasteiger partial charge in [-0.15, -0.1) is 0 Å². The number of anilines is 1. The number of nitrogens with zero attached hydrogens (tertiary/aromatic N) is 2. The molecule has 0 fully saturated rings. The highest BCUT2D eigenvalue weighted by atomic mass is 16.2. The molecule has 2 amide bonds. The van der Waals surface area contributed by atoms with Gasteiger partial charge >= 0.3 is 0 Å². The Hall–Kier alpha value is -2.96. The quantitative estimate of drug-likeness (QED) is 0.665. The average Bonchev–Trinajstić information content (AvgIpc) is 2.60. The van der Waals surface area contributed by atoms with E-state index in [9.17, 15) is 9.59 Å². The summed E-state index contributed by atoms with van der Waals surface area (Å²) >= 11 is 0. The number of nitrogens with one attached hydrogen (secondary N) is 3. The lowest BCUT2D eigenvalue weighted by atomic mass is 10.2. The summed E-state index contributed by atoms with van der Waals surface area (Å²) < 4.78 is 0. The highest BCUT2D eigenvalue weighted by Crippen LogP contribution is 2.07. The Kier molecular flexibility index (Phi) is 6.05. The molecule has 0 bridgehead atoms. The van der Waals surface area contributed by atoms with E-state index in [2.05, 4.69) is 25.9 Å². The summed E-state index contributed by atoms with van der Waals surface area (Å²) in [6, 6.07) is 6.86. The molecule has 0 radical (unpaired) electrons. The van der Waals surface area contributed by atoms with Gasteiger partial charge in [-0.05, 0) is 31.2 Å². The van der Waals surface area contributed by atoms with Gasteiger partial charge < -0.3 is 16.0 Å². The third-order valence-corrected chi connectivity index (χ3v) is 2.99. The second-order valence-corrected chi connectivity index (χ2v) is 4.71. The van der Waals surface area contributed by atoms with E-state index in [-0.39, 0.29) is 11.8 Å². The SMILES string of the molecule is CCNC(=O)c1cc(NCCNC(=O)c2cccnc2)ccn1. The fourth-order valence-electron chi connectivity index (χ4n) is 1.90. The molecule has 0 atom stereocenters. The fraction of sp³-hybridized carbons (Fsp3) is 0.250. The number of aromatic nitrogens is 2. The Morgan fingerprint density at radius 3 is 2.70 bits per heavy atom. The van der Waals surface area contributed by atoms with Crippen molar-refractivity contribution in [1.29, 1.82) is 0 Å². The molecule has 0 spiro atoms. The molecule has 0 saturated carbocycles. The summed E-state index contributed by atoms with van der Waals surface area (Å²) in [5, 5.41) is 8.63. The van der Waals surface area contributed by atoms with Crippen molar-refractivity contribution in [3.05, 3.63) is 54.1 Å².